The number of nitrogens with one attached hydrogen (secondary N) is 1. The Morgan fingerprint density at radius 3 is 2.59 bits per heavy atom. The van der Waals surface area contributed by atoms with Crippen molar-refractivity contribution in [1.82, 2.24) is 14.5 Å². The summed E-state index contributed by atoms with van der Waals surface area (Å²) in [6.07, 6.45) is 4.30. The standard InChI is InChI=1S/C24H27F2N5O3/c1-14-12-15(20(24(2,25)26)28-17-8-7-9-27-19(17)22(33)34)18-16(13-14)21(32)30(3)23(29-18)31-10-5-4-6-11-31/h7-9,12-13,20,28H,4-6,10-11H2,1-3H3,(H,33,34). The number of nitrogens with zero attached hydrogens (tertiary/aromatic N) is 4. The first-order chi connectivity index (χ1) is 16.1. The molecule has 34 heavy (non-hydrogen) atoms. The van der Waals surface area contributed by atoms with Crippen LogP contribution in [0.4, 0.5) is 20.4 Å². The Bertz CT molecular complexity index is 1300. The van der Waals surface area contributed by atoms with Crippen LogP contribution in [0.1, 0.15) is 53.8 Å². The molecule has 1 fully saturated rings. The van der Waals surface area contributed by atoms with Crippen molar-refractivity contribution in [3.05, 3.63) is 57.6 Å². The van der Waals surface area contributed by atoms with Crippen LogP contribution < -0.4 is 15.8 Å². The first-order valence-corrected chi connectivity index (χ1v) is 11.2. The molecule has 0 bridgehead atoms. The van der Waals surface area contributed by atoms with E-state index in [9.17, 15) is 14.7 Å². The Morgan fingerprint density at radius 2 is 1.94 bits per heavy atom. The Hall–Kier alpha value is -3.56. The number of benzene rings is 1. The van der Waals surface area contributed by atoms with Gasteiger partial charge in [-0.3, -0.25) is 9.36 Å². The van der Waals surface area contributed by atoms with Crippen molar-refractivity contribution < 1.29 is 18.7 Å². The van der Waals surface area contributed by atoms with Crippen LogP contribution in [0, 0.1) is 6.92 Å². The number of fused-ring (bicyclic) bond motifs is 1. The van der Waals surface area contributed by atoms with Gasteiger partial charge in [-0.15, -0.1) is 0 Å². The highest BCUT2D eigenvalue weighted by Crippen LogP contribution is 2.38. The van der Waals surface area contributed by atoms with Gasteiger partial charge in [0, 0.05) is 38.8 Å². The molecular weight excluding hydrogens is 444 g/mol. The summed E-state index contributed by atoms with van der Waals surface area (Å²) in [5.41, 5.74) is 0.185. The number of alkyl halides is 2. The lowest BCUT2D eigenvalue weighted by atomic mass is 9.96. The van der Waals surface area contributed by atoms with E-state index in [-0.39, 0.29) is 33.4 Å². The molecule has 2 N–H and O–H groups in total. The third-order valence-corrected chi connectivity index (χ3v) is 6.10. The first-order valence-electron chi connectivity index (χ1n) is 11.2. The maximum atomic E-state index is 15.0. The number of hydrogen-bond acceptors (Lipinski definition) is 6. The van der Waals surface area contributed by atoms with Gasteiger partial charge < -0.3 is 15.3 Å². The van der Waals surface area contributed by atoms with Crippen LogP contribution in [0.2, 0.25) is 0 Å². The average molecular weight is 472 g/mol. The highest BCUT2D eigenvalue weighted by atomic mass is 19.3. The fraction of sp³-hybridized carbons (Fsp3) is 0.417. The van der Waals surface area contributed by atoms with Crippen LogP contribution in [0.25, 0.3) is 10.9 Å². The molecule has 10 heteroatoms. The zero-order valence-corrected chi connectivity index (χ0v) is 19.3. The highest BCUT2D eigenvalue weighted by Gasteiger charge is 2.38. The monoisotopic (exact) mass is 471 g/mol. The van der Waals surface area contributed by atoms with Crippen LogP contribution in [0.3, 0.4) is 0 Å². The SMILES string of the molecule is Cc1cc(C(Nc2cccnc2C(=O)O)C(C)(F)F)c2nc(N3CCCCC3)n(C)c(=O)c2c1. The molecule has 0 saturated carbocycles. The Morgan fingerprint density at radius 1 is 1.24 bits per heavy atom. The molecule has 1 atom stereocenters. The molecule has 0 amide bonds. The largest absolute Gasteiger partial charge is 0.476 e. The van der Waals surface area contributed by atoms with E-state index in [1.54, 1.807) is 26.1 Å². The summed E-state index contributed by atoms with van der Waals surface area (Å²) >= 11 is 0. The average Bonchev–Trinajstić information content (AvgIpc) is 2.79. The number of aromatic nitrogens is 3. The highest BCUT2D eigenvalue weighted by molar-refractivity contribution is 5.92. The summed E-state index contributed by atoms with van der Waals surface area (Å²) in [4.78, 5) is 35.4. The molecule has 3 heterocycles. The third-order valence-electron chi connectivity index (χ3n) is 6.10. The fourth-order valence-electron chi connectivity index (χ4n) is 4.46. The number of anilines is 2. The second-order valence-corrected chi connectivity index (χ2v) is 8.81. The zero-order chi connectivity index (χ0) is 24.6. The first kappa shape index (κ1) is 23.6. The molecule has 1 unspecified atom stereocenters. The summed E-state index contributed by atoms with van der Waals surface area (Å²) in [6, 6.07) is 4.42. The van der Waals surface area contributed by atoms with Gasteiger partial charge in [0.25, 0.3) is 11.5 Å². The van der Waals surface area contributed by atoms with Crippen LogP contribution in [-0.4, -0.2) is 44.6 Å². The molecule has 1 aliphatic heterocycles. The Balaban J connectivity index is 1.94. The zero-order valence-electron chi connectivity index (χ0n) is 19.3. The quantitative estimate of drug-likeness (QED) is 0.557. The van der Waals surface area contributed by atoms with Crippen molar-refractivity contribution >= 4 is 28.5 Å². The van der Waals surface area contributed by atoms with E-state index in [2.05, 4.69) is 10.3 Å². The molecule has 0 aliphatic carbocycles. The van der Waals surface area contributed by atoms with Crippen molar-refractivity contribution in [2.45, 2.75) is 45.1 Å². The molecule has 1 aliphatic rings. The number of carbonyl (C=O) groups is 1. The van der Waals surface area contributed by atoms with Crippen LogP contribution in [-0.2, 0) is 7.05 Å². The van der Waals surface area contributed by atoms with E-state index in [4.69, 9.17) is 4.98 Å². The van der Waals surface area contributed by atoms with Gasteiger partial charge in [-0.25, -0.2) is 23.5 Å². The predicted molar refractivity (Wildman–Crippen MR) is 126 cm³/mol. The summed E-state index contributed by atoms with van der Waals surface area (Å²) in [5, 5.41) is 12.4. The maximum Gasteiger partial charge on any atom is 0.356 e. The van der Waals surface area contributed by atoms with E-state index in [0.29, 0.717) is 11.5 Å². The number of hydrogen-bond donors (Lipinski definition) is 2. The predicted octanol–water partition coefficient (Wildman–Crippen LogP) is 4.13. The molecule has 1 aromatic carbocycles. The number of halogens is 2. The minimum atomic E-state index is -3.32. The van der Waals surface area contributed by atoms with Gasteiger partial charge in [-0.2, -0.15) is 0 Å². The molecule has 0 radical (unpaired) electrons. The maximum absolute atomic E-state index is 15.0. The van der Waals surface area contributed by atoms with Crippen molar-refractivity contribution in [3.63, 3.8) is 0 Å². The van der Waals surface area contributed by atoms with Gasteiger partial charge in [0.05, 0.1) is 16.6 Å². The van der Waals surface area contributed by atoms with Gasteiger partial charge in [-0.05, 0) is 49.9 Å². The topological polar surface area (TPSA) is 100 Å². The number of piperidine rings is 1. The molecule has 180 valence electrons. The Labute approximate surface area is 195 Å². The Kier molecular flexibility index (Phi) is 6.24. The van der Waals surface area contributed by atoms with Crippen molar-refractivity contribution in [1.29, 1.82) is 0 Å². The van der Waals surface area contributed by atoms with Crippen molar-refractivity contribution in [2.24, 2.45) is 7.05 Å². The summed E-state index contributed by atoms with van der Waals surface area (Å²) in [5.74, 6) is -4.22. The summed E-state index contributed by atoms with van der Waals surface area (Å²) in [6.45, 7) is 3.94. The number of rotatable bonds is 6. The minimum Gasteiger partial charge on any atom is -0.476 e. The molecule has 0 spiro atoms. The molecule has 8 nitrogen and oxygen atoms in total. The van der Waals surface area contributed by atoms with E-state index in [1.165, 1.54) is 22.9 Å². The number of carboxylic acids is 1. The molecule has 1 saturated heterocycles. The van der Waals surface area contributed by atoms with E-state index < -0.39 is 17.9 Å². The lowest BCUT2D eigenvalue weighted by Gasteiger charge is -2.30. The normalized spacial score (nSPS) is 15.4. The molecule has 2 aromatic heterocycles. The second-order valence-electron chi connectivity index (χ2n) is 8.81. The van der Waals surface area contributed by atoms with Gasteiger partial charge in [-0.1, -0.05) is 6.07 Å². The number of aryl methyl sites for hydroxylation is 1. The van der Waals surface area contributed by atoms with Gasteiger partial charge in [0.1, 0.15) is 6.04 Å². The van der Waals surface area contributed by atoms with Crippen LogP contribution in [0.5, 0.6) is 0 Å². The number of aromatic carboxylic acids is 1. The molecule has 4 rings (SSSR count). The van der Waals surface area contributed by atoms with Gasteiger partial charge in [0.15, 0.2) is 5.69 Å². The number of pyridine rings is 1. The van der Waals surface area contributed by atoms with Crippen molar-refractivity contribution in [2.75, 3.05) is 23.3 Å². The molecular formula is C24H27F2N5O3. The van der Waals surface area contributed by atoms with E-state index in [0.717, 1.165) is 39.3 Å². The smallest absolute Gasteiger partial charge is 0.356 e. The number of carboxylic acid groups (broad SMARTS) is 1. The van der Waals surface area contributed by atoms with Gasteiger partial charge >= 0.3 is 5.97 Å². The second kappa shape index (κ2) is 9.00. The molecule has 3 aromatic rings. The summed E-state index contributed by atoms with van der Waals surface area (Å²) in [7, 11) is 1.64. The third kappa shape index (κ3) is 4.44. The van der Waals surface area contributed by atoms with E-state index in [1.807, 2.05) is 4.90 Å². The minimum absolute atomic E-state index is 0.0451. The van der Waals surface area contributed by atoms with E-state index >= 15 is 8.78 Å². The summed E-state index contributed by atoms with van der Waals surface area (Å²) < 4.78 is 31.5. The fourth-order valence-corrected chi connectivity index (χ4v) is 4.46. The lowest BCUT2D eigenvalue weighted by Crippen LogP contribution is -2.36. The lowest BCUT2D eigenvalue weighted by molar-refractivity contribution is 0.00101. The van der Waals surface area contributed by atoms with Gasteiger partial charge in [0.2, 0.25) is 5.95 Å². The van der Waals surface area contributed by atoms with Crippen LogP contribution >= 0.6 is 0 Å². The van der Waals surface area contributed by atoms with Crippen LogP contribution in [0.15, 0.2) is 35.3 Å². The van der Waals surface area contributed by atoms with Crippen molar-refractivity contribution in [3.8, 4) is 0 Å².